The molecular weight excluding hydrogens is 236 g/mol. The molecule has 0 amide bonds. The number of carbonyl (C=O) groups is 1. The molecule has 1 aromatic heterocycles. The fraction of sp³-hybridized carbons (Fsp3) is 0.375. The Balaban J connectivity index is 2.62. The van der Waals surface area contributed by atoms with Crippen LogP contribution in [0.4, 0.5) is 0 Å². The highest BCUT2D eigenvalue weighted by Crippen LogP contribution is 2.33. The lowest BCUT2D eigenvalue weighted by atomic mass is 9.86. The van der Waals surface area contributed by atoms with Crippen LogP contribution < -0.4 is 0 Å². The topological polar surface area (TPSA) is 34.9 Å². The van der Waals surface area contributed by atoms with Gasteiger partial charge in [0, 0.05) is 29.8 Å². The van der Waals surface area contributed by atoms with Gasteiger partial charge in [0.1, 0.15) is 6.29 Å². The SMILES string of the molecule is Cc1cc(C=O)ccc1-c1cn(C)nc1C(C)(C)C. The summed E-state index contributed by atoms with van der Waals surface area (Å²) in [5.41, 5.74) is 5.17. The van der Waals surface area contributed by atoms with Gasteiger partial charge in [-0.25, -0.2) is 0 Å². The Morgan fingerprint density at radius 2 is 1.89 bits per heavy atom. The van der Waals surface area contributed by atoms with Gasteiger partial charge in [-0.3, -0.25) is 9.48 Å². The van der Waals surface area contributed by atoms with Crippen molar-refractivity contribution in [2.45, 2.75) is 33.1 Å². The summed E-state index contributed by atoms with van der Waals surface area (Å²) in [5, 5.41) is 4.59. The van der Waals surface area contributed by atoms with Crippen LogP contribution in [0.15, 0.2) is 24.4 Å². The van der Waals surface area contributed by atoms with Gasteiger partial charge in [0.2, 0.25) is 0 Å². The molecule has 3 nitrogen and oxygen atoms in total. The smallest absolute Gasteiger partial charge is 0.150 e. The van der Waals surface area contributed by atoms with E-state index in [1.807, 2.05) is 43.0 Å². The van der Waals surface area contributed by atoms with E-state index in [1.165, 1.54) is 0 Å². The van der Waals surface area contributed by atoms with Gasteiger partial charge < -0.3 is 0 Å². The van der Waals surface area contributed by atoms with E-state index in [4.69, 9.17) is 0 Å². The van der Waals surface area contributed by atoms with Crippen LogP contribution in [0.25, 0.3) is 11.1 Å². The van der Waals surface area contributed by atoms with Crippen molar-refractivity contribution in [1.82, 2.24) is 9.78 Å². The minimum atomic E-state index is -0.00758. The number of aldehydes is 1. The Morgan fingerprint density at radius 1 is 1.21 bits per heavy atom. The zero-order chi connectivity index (χ0) is 14.2. The molecule has 0 fully saturated rings. The van der Waals surface area contributed by atoms with Gasteiger partial charge in [-0.05, 0) is 24.1 Å². The third-order valence-electron chi connectivity index (χ3n) is 3.22. The van der Waals surface area contributed by atoms with Crippen molar-refractivity contribution in [2.75, 3.05) is 0 Å². The molecule has 0 aliphatic heterocycles. The predicted molar refractivity (Wildman–Crippen MR) is 77.5 cm³/mol. The van der Waals surface area contributed by atoms with Crippen molar-refractivity contribution in [2.24, 2.45) is 7.05 Å². The third kappa shape index (κ3) is 2.60. The average molecular weight is 256 g/mol. The molecule has 0 bridgehead atoms. The molecule has 0 saturated carbocycles. The Bertz CT molecular complexity index is 618. The lowest BCUT2D eigenvalue weighted by Crippen LogP contribution is -2.13. The highest BCUT2D eigenvalue weighted by atomic mass is 16.1. The number of hydrogen-bond acceptors (Lipinski definition) is 2. The zero-order valence-electron chi connectivity index (χ0n) is 12.2. The maximum atomic E-state index is 10.8. The van der Waals surface area contributed by atoms with Crippen LogP contribution in [0.3, 0.4) is 0 Å². The maximum Gasteiger partial charge on any atom is 0.150 e. The molecule has 19 heavy (non-hydrogen) atoms. The summed E-state index contributed by atoms with van der Waals surface area (Å²) in [7, 11) is 1.94. The van der Waals surface area contributed by atoms with Crippen molar-refractivity contribution in [3.8, 4) is 11.1 Å². The first-order valence-corrected chi connectivity index (χ1v) is 6.43. The highest BCUT2D eigenvalue weighted by molar-refractivity contribution is 5.79. The van der Waals surface area contributed by atoms with E-state index in [9.17, 15) is 4.79 Å². The fourth-order valence-electron chi connectivity index (χ4n) is 2.30. The van der Waals surface area contributed by atoms with Crippen molar-refractivity contribution >= 4 is 6.29 Å². The molecule has 0 N–H and O–H groups in total. The number of hydrogen-bond donors (Lipinski definition) is 0. The number of carbonyl (C=O) groups excluding carboxylic acids is 1. The number of benzene rings is 1. The molecule has 3 heteroatoms. The summed E-state index contributed by atoms with van der Waals surface area (Å²) in [4.78, 5) is 10.8. The number of rotatable bonds is 2. The summed E-state index contributed by atoms with van der Waals surface area (Å²) in [5.74, 6) is 0. The summed E-state index contributed by atoms with van der Waals surface area (Å²) in [6.45, 7) is 8.51. The van der Waals surface area contributed by atoms with Gasteiger partial charge >= 0.3 is 0 Å². The van der Waals surface area contributed by atoms with Crippen molar-refractivity contribution < 1.29 is 4.79 Å². The molecule has 0 atom stereocenters. The minimum absolute atomic E-state index is 0.00758. The van der Waals surface area contributed by atoms with Gasteiger partial charge in [0.05, 0.1) is 5.69 Å². The average Bonchev–Trinajstić information content (AvgIpc) is 2.70. The Labute approximate surface area is 114 Å². The molecule has 0 spiro atoms. The van der Waals surface area contributed by atoms with E-state index >= 15 is 0 Å². The highest BCUT2D eigenvalue weighted by Gasteiger charge is 2.23. The molecule has 1 aromatic carbocycles. The normalized spacial score (nSPS) is 11.6. The first-order chi connectivity index (χ1) is 8.82. The lowest BCUT2D eigenvalue weighted by molar-refractivity contribution is 0.112. The summed E-state index contributed by atoms with van der Waals surface area (Å²) in [6.07, 6.45) is 2.92. The van der Waals surface area contributed by atoms with Crippen LogP contribution in [-0.4, -0.2) is 16.1 Å². The number of aromatic nitrogens is 2. The van der Waals surface area contributed by atoms with E-state index in [0.29, 0.717) is 5.56 Å². The van der Waals surface area contributed by atoms with E-state index in [0.717, 1.165) is 28.7 Å². The second-order valence-electron chi connectivity index (χ2n) is 6.01. The molecule has 2 aromatic rings. The minimum Gasteiger partial charge on any atom is -0.298 e. The standard InChI is InChI=1S/C16H20N2O/c1-11-8-12(10-19)6-7-13(11)14-9-18(5)17-15(14)16(2,3)4/h6-10H,1-5H3. The molecule has 1 heterocycles. The van der Waals surface area contributed by atoms with Gasteiger partial charge in [-0.2, -0.15) is 5.10 Å². The van der Waals surface area contributed by atoms with Crippen LogP contribution in [0.1, 0.15) is 42.4 Å². The lowest BCUT2D eigenvalue weighted by Gasteiger charge is -2.18. The Kier molecular flexibility index (Phi) is 3.31. The number of nitrogens with zero attached hydrogens (tertiary/aromatic N) is 2. The quantitative estimate of drug-likeness (QED) is 0.771. The summed E-state index contributed by atoms with van der Waals surface area (Å²) in [6, 6.07) is 5.78. The third-order valence-corrected chi connectivity index (χ3v) is 3.22. The Morgan fingerprint density at radius 3 is 2.42 bits per heavy atom. The van der Waals surface area contributed by atoms with Crippen LogP contribution in [0.5, 0.6) is 0 Å². The van der Waals surface area contributed by atoms with Crippen molar-refractivity contribution in [3.05, 3.63) is 41.2 Å². The van der Waals surface area contributed by atoms with Crippen molar-refractivity contribution in [3.63, 3.8) is 0 Å². The second-order valence-corrected chi connectivity index (χ2v) is 6.01. The van der Waals surface area contributed by atoms with Crippen LogP contribution in [0, 0.1) is 6.92 Å². The molecule has 0 unspecified atom stereocenters. The zero-order valence-corrected chi connectivity index (χ0v) is 12.2. The Hall–Kier alpha value is -1.90. The van der Waals surface area contributed by atoms with Gasteiger partial charge in [0.25, 0.3) is 0 Å². The molecule has 0 saturated heterocycles. The van der Waals surface area contributed by atoms with Crippen LogP contribution in [-0.2, 0) is 12.5 Å². The van der Waals surface area contributed by atoms with Crippen molar-refractivity contribution in [1.29, 1.82) is 0 Å². The summed E-state index contributed by atoms with van der Waals surface area (Å²) < 4.78 is 1.85. The second kappa shape index (κ2) is 4.65. The first kappa shape index (κ1) is 13.5. The van der Waals surface area contributed by atoms with Gasteiger partial charge in [0.15, 0.2) is 0 Å². The maximum absolute atomic E-state index is 10.8. The van der Waals surface area contributed by atoms with E-state index in [2.05, 4.69) is 25.9 Å². The first-order valence-electron chi connectivity index (χ1n) is 6.43. The van der Waals surface area contributed by atoms with Gasteiger partial charge in [-0.1, -0.05) is 32.9 Å². The fourth-order valence-corrected chi connectivity index (χ4v) is 2.30. The van der Waals surface area contributed by atoms with Crippen LogP contribution in [0.2, 0.25) is 0 Å². The predicted octanol–water partition coefficient (Wildman–Crippen LogP) is 3.51. The van der Waals surface area contributed by atoms with E-state index in [-0.39, 0.29) is 5.41 Å². The molecule has 0 aliphatic rings. The molecule has 2 rings (SSSR count). The molecular formula is C16H20N2O. The molecule has 0 radical (unpaired) electrons. The summed E-state index contributed by atoms with van der Waals surface area (Å²) >= 11 is 0. The van der Waals surface area contributed by atoms with Gasteiger partial charge in [-0.15, -0.1) is 0 Å². The van der Waals surface area contributed by atoms with E-state index in [1.54, 1.807) is 0 Å². The molecule has 0 aliphatic carbocycles. The number of aryl methyl sites for hydroxylation is 2. The largest absolute Gasteiger partial charge is 0.298 e. The molecule has 100 valence electrons. The van der Waals surface area contributed by atoms with Crippen LogP contribution >= 0.6 is 0 Å². The monoisotopic (exact) mass is 256 g/mol. The van der Waals surface area contributed by atoms with E-state index < -0.39 is 0 Å².